The number of amides is 2. The molecule has 3 fully saturated rings. The van der Waals surface area contributed by atoms with Crippen molar-refractivity contribution in [3.8, 4) is 0 Å². The van der Waals surface area contributed by atoms with Gasteiger partial charge in [-0.3, -0.25) is 14.9 Å². The lowest BCUT2D eigenvalue weighted by atomic mass is 9.79. The number of rotatable bonds is 8. The fraction of sp³-hybridized carbons (Fsp3) is 0.560. The molecule has 12 nitrogen and oxygen atoms in total. The van der Waals surface area contributed by atoms with Crippen LogP contribution in [0, 0.1) is 27.9 Å². The summed E-state index contributed by atoms with van der Waals surface area (Å²) < 4.78 is 5.34. The SMILES string of the molecule is C[C@@H](O)[C@H]1C(=O)N2C(C(=O)O)=C(S[C@@H]3CN[C@H](C4CN(C(=O)OCc5ccc([N+](=O)[O-])cc5)C4)C3)[C@H](C)[C@H]12. The van der Waals surface area contributed by atoms with E-state index in [-0.39, 0.29) is 53.1 Å². The highest BCUT2D eigenvalue weighted by Crippen LogP contribution is 2.52. The summed E-state index contributed by atoms with van der Waals surface area (Å²) >= 11 is 1.51. The molecule has 204 valence electrons. The highest BCUT2D eigenvalue weighted by Gasteiger charge is 2.60. The number of aliphatic hydroxyl groups is 1. The van der Waals surface area contributed by atoms with Crippen LogP contribution in [0.1, 0.15) is 25.8 Å². The molecule has 38 heavy (non-hydrogen) atoms. The van der Waals surface area contributed by atoms with Gasteiger partial charge in [0.1, 0.15) is 12.3 Å². The second-order valence-electron chi connectivity index (χ2n) is 10.4. The standard InChI is InChI=1S/C25H30N4O8S/c1-12-20-19(13(2)30)23(31)28(20)21(24(32)33)22(12)38-17-7-18(26-8-17)15-9-27(10-15)25(34)37-11-14-3-5-16(6-4-14)29(35)36/h3-6,12-13,15,17-20,26,30H,7-11H2,1-2H3,(H,32,33)/t12-,13-,17+,18+,19-,20-/m1/s1. The highest BCUT2D eigenvalue weighted by molar-refractivity contribution is 8.03. The number of nitro groups is 1. The average molecular weight is 547 g/mol. The molecule has 0 aliphatic carbocycles. The molecule has 5 rings (SSSR count). The summed E-state index contributed by atoms with van der Waals surface area (Å²) in [5, 5.41) is 34.2. The molecule has 13 heteroatoms. The van der Waals surface area contributed by atoms with Gasteiger partial charge in [0.05, 0.1) is 23.0 Å². The molecule has 2 amide bonds. The number of aliphatic carboxylic acids is 1. The van der Waals surface area contributed by atoms with Gasteiger partial charge in [0.15, 0.2) is 0 Å². The Hall–Kier alpha value is -3.16. The summed E-state index contributed by atoms with van der Waals surface area (Å²) in [7, 11) is 0. The monoisotopic (exact) mass is 546 g/mol. The summed E-state index contributed by atoms with van der Waals surface area (Å²) in [6, 6.07) is 5.72. The first kappa shape index (κ1) is 26.4. The largest absolute Gasteiger partial charge is 0.477 e. The number of nitrogens with zero attached hydrogens (tertiary/aromatic N) is 3. The maximum atomic E-state index is 12.5. The number of fused-ring (bicyclic) bond motifs is 1. The van der Waals surface area contributed by atoms with Gasteiger partial charge in [0, 0.05) is 59.8 Å². The summed E-state index contributed by atoms with van der Waals surface area (Å²) in [5.41, 5.74) is 0.690. The highest BCUT2D eigenvalue weighted by atomic mass is 32.2. The van der Waals surface area contributed by atoms with E-state index in [4.69, 9.17) is 4.74 Å². The zero-order chi connectivity index (χ0) is 27.3. The molecular formula is C25H30N4O8S. The van der Waals surface area contributed by atoms with Crippen molar-refractivity contribution < 1.29 is 34.3 Å². The van der Waals surface area contributed by atoms with Gasteiger partial charge in [-0.25, -0.2) is 9.59 Å². The molecule has 1 aromatic carbocycles. The Morgan fingerprint density at radius 1 is 1.29 bits per heavy atom. The number of likely N-dealkylation sites (tertiary alicyclic amines) is 1. The van der Waals surface area contributed by atoms with E-state index < -0.39 is 29.0 Å². The number of β-lactam (4-membered cyclic amide) rings is 1. The predicted molar refractivity (Wildman–Crippen MR) is 136 cm³/mol. The number of carbonyl (C=O) groups is 3. The molecule has 1 aromatic rings. The lowest BCUT2D eigenvalue weighted by Gasteiger charge is -2.46. The van der Waals surface area contributed by atoms with Crippen molar-refractivity contribution in [3.63, 3.8) is 0 Å². The van der Waals surface area contributed by atoms with Crippen LogP contribution >= 0.6 is 11.8 Å². The van der Waals surface area contributed by atoms with Gasteiger partial charge < -0.3 is 30.1 Å². The minimum Gasteiger partial charge on any atom is -0.477 e. The number of nitro benzene ring substituents is 1. The molecule has 0 radical (unpaired) electrons. The topological polar surface area (TPSA) is 163 Å². The van der Waals surface area contributed by atoms with Crippen molar-refractivity contribution >= 4 is 35.4 Å². The Balaban J connectivity index is 1.11. The number of carbonyl (C=O) groups excluding carboxylic acids is 2. The summed E-state index contributed by atoms with van der Waals surface area (Å²) in [4.78, 5) is 50.9. The third-order valence-corrected chi connectivity index (χ3v) is 9.49. The zero-order valence-corrected chi connectivity index (χ0v) is 21.8. The third kappa shape index (κ3) is 4.63. The van der Waals surface area contributed by atoms with Crippen molar-refractivity contribution in [2.45, 2.75) is 50.3 Å². The summed E-state index contributed by atoms with van der Waals surface area (Å²) in [6.07, 6.45) is -0.449. The molecular weight excluding hydrogens is 516 g/mol. The molecule has 4 aliphatic heterocycles. The van der Waals surface area contributed by atoms with E-state index in [0.717, 1.165) is 6.42 Å². The Morgan fingerprint density at radius 2 is 1.97 bits per heavy atom. The van der Waals surface area contributed by atoms with Gasteiger partial charge in [-0.1, -0.05) is 6.92 Å². The first-order valence-corrected chi connectivity index (χ1v) is 13.5. The van der Waals surface area contributed by atoms with E-state index in [2.05, 4.69) is 5.32 Å². The number of aliphatic hydroxyl groups excluding tert-OH is 1. The van der Waals surface area contributed by atoms with E-state index >= 15 is 0 Å². The molecule has 3 saturated heterocycles. The lowest BCUT2D eigenvalue weighted by molar-refractivity contribution is -0.384. The first-order chi connectivity index (χ1) is 18.1. The number of nitrogens with one attached hydrogen (secondary N) is 1. The van der Waals surface area contributed by atoms with Crippen LogP contribution in [-0.4, -0.2) is 86.0 Å². The lowest BCUT2D eigenvalue weighted by Crippen LogP contribution is -2.63. The van der Waals surface area contributed by atoms with Crippen molar-refractivity contribution in [1.82, 2.24) is 15.1 Å². The molecule has 0 unspecified atom stereocenters. The number of ether oxygens (including phenoxy) is 1. The Kier molecular flexibility index (Phi) is 7.09. The van der Waals surface area contributed by atoms with Crippen LogP contribution in [0.2, 0.25) is 0 Å². The normalized spacial score (nSPS) is 29.6. The van der Waals surface area contributed by atoms with Gasteiger partial charge >= 0.3 is 12.1 Å². The predicted octanol–water partition coefficient (Wildman–Crippen LogP) is 1.78. The van der Waals surface area contributed by atoms with Crippen LogP contribution in [0.3, 0.4) is 0 Å². The Labute approximate surface area is 223 Å². The quantitative estimate of drug-likeness (QED) is 0.249. The third-order valence-electron chi connectivity index (χ3n) is 7.98. The first-order valence-electron chi connectivity index (χ1n) is 12.6. The van der Waals surface area contributed by atoms with Crippen LogP contribution < -0.4 is 5.32 Å². The van der Waals surface area contributed by atoms with E-state index in [1.807, 2.05) is 6.92 Å². The van der Waals surface area contributed by atoms with E-state index in [1.165, 1.54) is 28.8 Å². The smallest absolute Gasteiger partial charge is 0.410 e. The molecule has 0 aromatic heterocycles. The second-order valence-corrected chi connectivity index (χ2v) is 11.7. The van der Waals surface area contributed by atoms with Gasteiger partial charge in [-0.05, 0) is 31.0 Å². The van der Waals surface area contributed by atoms with Crippen molar-refractivity contribution in [2.24, 2.45) is 17.8 Å². The number of carboxylic acids is 1. The molecule has 6 atom stereocenters. The fourth-order valence-corrected chi connectivity index (χ4v) is 7.40. The molecule has 4 aliphatic rings. The van der Waals surface area contributed by atoms with Crippen LogP contribution in [0.4, 0.5) is 10.5 Å². The number of non-ortho nitro benzene ring substituents is 1. The van der Waals surface area contributed by atoms with Crippen molar-refractivity contribution in [2.75, 3.05) is 19.6 Å². The number of benzene rings is 1. The second kappa shape index (κ2) is 10.2. The molecule has 4 heterocycles. The minimum atomic E-state index is -1.12. The van der Waals surface area contributed by atoms with Crippen LogP contribution in [0.15, 0.2) is 34.9 Å². The zero-order valence-electron chi connectivity index (χ0n) is 21.0. The van der Waals surface area contributed by atoms with E-state index in [0.29, 0.717) is 30.1 Å². The number of carboxylic acid groups (broad SMARTS) is 1. The summed E-state index contributed by atoms with van der Waals surface area (Å²) in [6.45, 7) is 5.31. The van der Waals surface area contributed by atoms with Crippen LogP contribution in [-0.2, 0) is 20.9 Å². The molecule has 0 saturated carbocycles. The molecule has 0 spiro atoms. The molecule has 0 bridgehead atoms. The van der Waals surface area contributed by atoms with Gasteiger partial charge in [0.25, 0.3) is 5.69 Å². The number of hydrogen-bond donors (Lipinski definition) is 3. The van der Waals surface area contributed by atoms with Crippen LogP contribution in [0.5, 0.6) is 0 Å². The molecule has 3 N–H and O–H groups in total. The summed E-state index contributed by atoms with van der Waals surface area (Å²) in [5.74, 6) is -1.94. The van der Waals surface area contributed by atoms with Crippen molar-refractivity contribution in [3.05, 3.63) is 50.5 Å². The maximum absolute atomic E-state index is 12.5. The number of thioether (sulfide) groups is 1. The minimum absolute atomic E-state index is 0.0219. The van der Waals surface area contributed by atoms with E-state index in [1.54, 1.807) is 24.0 Å². The number of hydrogen-bond acceptors (Lipinski definition) is 9. The van der Waals surface area contributed by atoms with Gasteiger partial charge in [-0.2, -0.15) is 0 Å². The van der Waals surface area contributed by atoms with Crippen molar-refractivity contribution in [1.29, 1.82) is 0 Å². The Bertz CT molecular complexity index is 1180. The Morgan fingerprint density at radius 3 is 2.58 bits per heavy atom. The van der Waals surface area contributed by atoms with E-state index in [9.17, 15) is 34.7 Å². The fourth-order valence-electron chi connectivity index (χ4n) is 5.91. The maximum Gasteiger partial charge on any atom is 0.410 e. The average Bonchev–Trinajstić information content (AvgIpc) is 3.38. The van der Waals surface area contributed by atoms with Gasteiger partial charge in [-0.15, -0.1) is 11.8 Å². The van der Waals surface area contributed by atoms with Crippen LogP contribution in [0.25, 0.3) is 0 Å². The van der Waals surface area contributed by atoms with Gasteiger partial charge in [0.2, 0.25) is 5.91 Å².